The van der Waals surface area contributed by atoms with Crippen molar-refractivity contribution < 1.29 is 8.85 Å². The van der Waals surface area contributed by atoms with Crippen molar-refractivity contribution in [3.63, 3.8) is 0 Å². The molecule has 0 bridgehead atoms. The average Bonchev–Trinajstić information content (AvgIpc) is 2.32. The first kappa shape index (κ1) is 16.1. The van der Waals surface area contributed by atoms with Gasteiger partial charge in [0.25, 0.3) is 0 Å². The molecule has 0 aromatic rings. The van der Waals surface area contributed by atoms with Crippen molar-refractivity contribution >= 4 is 9.28 Å². The van der Waals surface area contributed by atoms with E-state index in [2.05, 4.69) is 6.92 Å². The first-order valence-corrected chi connectivity index (χ1v) is 8.31. The molecule has 0 unspecified atom stereocenters. The standard InChI is InChI=1S/C13H29O2Si/c1-4-5-6-7-8-9-10-11-12-13-16(14-2)15-3/h4-13H2,1-3H3. The van der Waals surface area contributed by atoms with Crippen molar-refractivity contribution in [2.75, 3.05) is 14.2 Å². The summed E-state index contributed by atoms with van der Waals surface area (Å²) in [4.78, 5) is 0. The Morgan fingerprint density at radius 1 is 0.688 bits per heavy atom. The van der Waals surface area contributed by atoms with Crippen LogP contribution in [0.4, 0.5) is 0 Å². The van der Waals surface area contributed by atoms with E-state index >= 15 is 0 Å². The van der Waals surface area contributed by atoms with Crippen LogP contribution in [0.3, 0.4) is 0 Å². The molecule has 0 spiro atoms. The molecule has 0 aliphatic rings. The van der Waals surface area contributed by atoms with E-state index in [9.17, 15) is 0 Å². The van der Waals surface area contributed by atoms with Crippen LogP contribution in [0.2, 0.25) is 6.04 Å². The van der Waals surface area contributed by atoms with E-state index in [0.717, 1.165) is 6.04 Å². The Morgan fingerprint density at radius 3 is 1.56 bits per heavy atom. The van der Waals surface area contributed by atoms with Crippen LogP contribution in [-0.2, 0) is 8.85 Å². The number of rotatable bonds is 12. The highest BCUT2D eigenvalue weighted by Gasteiger charge is 2.10. The Labute approximate surface area is 104 Å². The summed E-state index contributed by atoms with van der Waals surface area (Å²) in [5.41, 5.74) is 0. The molecule has 1 radical (unpaired) electrons. The Kier molecular flexibility index (Phi) is 13.3. The smallest absolute Gasteiger partial charge is 0.384 e. The third kappa shape index (κ3) is 10.6. The first-order chi connectivity index (χ1) is 7.85. The van der Waals surface area contributed by atoms with E-state index in [4.69, 9.17) is 8.85 Å². The Morgan fingerprint density at radius 2 is 1.12 bits per heavy atom. The maximum absolute atomic E-state index is 5.25. The highest BCUT2D eigenvalue weighted by atomic mass is 28.3. The summed E-state index contributed by atoms with van der Waals surface area (Å²) in [5, 5.41) is 0. The predicted octanol–water partition coefficient (Wildman–Crippen LogP) is 4.30. The lowest BCUT2D eigenvalue weighted by Crippen LogP contribution is -2.18. The molecule has 2 nitrogen and oxygen atoms in total. The van der Waals surface area contributed by atoms with Gasteiger partial charge >= 0.3 is 9.28 Å². The van der Waals surface area contributed by atoms with Crippen LogP contribution in [0.5, 0.6) is 0 Å². The molecule has 97 valence electrons. The monoisotopic (exact) mass is 245 g/mol. The van der Waals surface area contributed by atoms with Gasteiger partial charge in [0.2, 0.25) is 0 Å². The summed E-state index contributed by atoms with van der Waals surface area (Å²) in [6.45, 7) is 2.27. The molecule has 0 aromatic heterocycles. The van der Waals surface area contributed by atoms with Crippen LogP contribution in [-0.4, -0.2) is 23.5 Å². The summed E-state index contributed by atoms with van der Waals surface area (Å²) >= 11 is 0. The quantitative estimate of drug-likeness (QED) is 0.377. The lowest BCUT2D eigenvalue weighted by molar-refractivity contribution is 0.276. The largest absolute Gasteiger partial charge is 0.397 e. The maximum atomic E-state index is 5.25. The van der Waals surface area contributed by atoms with Crippen molar-refractivity contribution in [3.05, 3.63) is 0 Å². The molecular formula is C13H29O2Si. The Balaban J connectivity index is 3.03. The number of hydrogen-bond acceptors (Lipinski definition) is 2. The van der Waals surface area contributed by atoms with E-state index in [1.807, 2.05) is 0 Å². The molecule has 0 fully saturated rings. The molecule has 0 atom stereocenters. The van der Waals surface area contributed by atoms with Gasteiger partial charge in [-0.2, -0.15) is 0 Å². The zero-order valence-electron chi connectivity index (χ0n) is 11.4. The summed E-state index contributed by atoms with van der Waals surface area (Å²) in [6.07, 6.45) is 12.4. The molecule has 16 heavy (non-hydrogen) atoms. The SMILES string of the molecule is CCCCCCCCCCC[Si](OC)OC. The normalized spacial score (nSPS) is 11.2. The van der Waals surface area contributed by atoms with E-state index < -0.39 is 9.28 Å². The van der Waals surface area contributed by atoms with Gasteiger partial charge in [-0.25, -0.2) is 0 Å². The molecule has 0 amide bonds. The van der Waals surface area contributed by atoms with Gasteiger partial charge in [-0.05, 0) is 6.04 Å². The molecular weight excluding hydrogens is 216 g/mol. The molecule has 0 heterocycles. The molecule has 0 N–H and O–H groups in total. The van der Waals surface area contributed by atoms with Crippen LogP contribution in [0.1, 0.15) is 64.7 Å². The van der Waals surface area contributed by atoms with Crippen molar-refractivity contribution in [1.29, 1.82) is 0 Å². The van der Waals surface area contributed by atoms with Gasteiger partial charge in [-0.1, -0.05) is 64.7 Å². The van der Waals surface area contributed by atoms with Gasteiger partial charge in [0.15, 0.2) is 0 Å². The molecule has 0 rings (SSSR count). The number of hydrogen-bond donors (Lipinski definition) is 0. The number of unbranched alkanes of at least 4 members (excludes halogenated alkanes) is 8. The van der Waals surface area contributed by atoms with Gasteiger partial charge in [0, 0.05) is 14.2 Å². The molecule has 0 aliphatic heterocycles. The second kappa shape index (κ2) is 13.2. The molecule has 0 saturated carbocycles. The lowest BCUT2D eigenvalue weighted by Gasteiger charge is -2.08. The third-order valence-corrected chi connectivity index (χ3v) is 4.61. The second-order valence-corrected chi connectivity index (χ2v) is 6.42. The average molecular weight is 245 g/mol. The van der Waals surface area contributed by atoms with Crippen molar-refractivity contribution in [1.82, 2.24) is 0 Å². The van der Waals surface area contributed by atoms with Crippen molar-refractivity contribution in [2.45, 2.75) is 70.8 Å². The van der Waals surface area contributed by atoms with Crippen molar-refractivity contribution in [3.8, 4) is 0 Å². The first-order valence-electron chi connectivity index (χ1n) is 6.79. The fourth-order valence-corrected chi connectivity index (χ4v) is 2.98. The van der Waals surface area contributed by atoms with Crippen LogP contribution in [0.25, 0.3) is 0 Å². The Bertz CT molecular complexity index is 127. The zero-order chi connectivity index (χ0) is 12.1. The van der Waals surface area contributed by atoms with E-state index in [1.165, 1.54) is 57.8 Å². The topological polar surface area (TPSA) is 18.5 Å². The van der Waals surface area contributed by atoms with E-state index in [0.29, 0.717) is 0 Å². The van der Waals surface area contributed by atoms with Gasteiger partial charge in [0.05, 0.1) is 0 Å². The fourth-order valence-electron chi connectivity index (χ4n) is 1.87. The highest BCUT2D eigenvalue weighted by Crippen LogP contribution is 2.11. The minimum Gasteiger partial charge on any atom is -0.397 e. The van der Waals surface area contributed by atoms with Crippen LogP contribution in [0, 0.1) is 0 Å². The van der Waals surface area contributed by atoms with Crippen molar-refractivity contribution in [2.24, 2.45) is 0 Å². The maximum Gasteiger partial charge on any atom is 0.384 e. The minimum absolute atomic E-state index is 0.928. The minimum atomic E-state index is -0.928. The molecule has 0 aliphatic carbocycles. The van der Waals surface area contributed by atoms with E-state index in [1.54, 1.807) is 14.2 Å². The lowest BCUT2D eigenvalue weighted by atomic mass is 10.1. The van der Waals surface area contributed by atoms with Gasteiger partial charge < -0.3 is 8.85 Å². The van der Waals surface area contributed by atoms with Gasteiger partial charge in [-0.15, -0.1) is 0 Å². The molecule has 3 heteroatoms. The predicted molar refractivity (Wildman–Crippen MR) is 71.8 cm³/mol. The summed E-state index contributed by atoms with van der Waals surface area (Å²) in [7, 11) is 2.58. The van der Waals surface area contributed by atoms with Crippen LogP contribution < -0.4 is 0 Å². The summed E-state index contributed by atoms with van der Waals surface area (Å²) in [5.74, 6) is 0. The molecule has 0 saturated heterocycles. The fraction of sp³-hybridized carbons (Fsp3) is 1.00. The second-order valence-electron chi connectivity index (χ2n) is 4.36. The Hall–Kier alpha value is 0.137. The summed E-state index contributed by atoms with van der Waals surface area (Å²) in [6, 6.07) is 1.13. The van der Waals surface area contributed by atoms with Gasteiger partial charge in [0.1, 0.15) is 0 Å². The van der Waals surface area contributed by atoms with E-state index in [-0.39, 0.29) is 0 Å². The molecule has 0 aromatic carbocycles. The van der Waals surface area contributed by atoms with Crippen LogP contribution in [0.15, 0.2) is 0 Å². The third-order valence-electron chi connectivity index (χ3n) is 2.94. The van der Waals surface area contributed by atoms with Gasteiger partial charge in [-0.3, -0.25) is 0 Å². The zero-order valence-corrected chi connectivity index (χ0v) is 12.4. The van der Waals surface area contributed by atoms with Crippen LogP contribution >= 0.6 is 0 Å². The highest BCUT2D eigenvalue weighted by molar-refractivity contribution is 6.44. The summed E-state index contributed by atoms with van der Waals surface area (Å²) < 4.78 is 10.5.